The first kappa shape index (κ1) is 14.1. The Morgan fingerprint density at radius 1 is 1.53 bits per heavy atom. The molecule has 1 rings (SSSR count). The molecule has 0 spiro atoms. The van der Waals surface area contributed by atoms with Crippen LogP contribution in [0.5, 0.6) is 0 Å². The number of hydrogen-bond donors (Lipinski definition) is 1. The molecule has 5 heteroatoms. The van der Waals surface area contributed by atoms with Crippen molar-refractivity contribution >= 4 is 0 Å². The average Bonchev–Trinajstić information content (AvgIpc) is 2.84. The highest BCUT2D eigenvalue weighted by atomic mass is 16.5. The van der Waals surface area contributed by atoms with E-state index in [1.165, 1.54) is 0 Å². The summed E-state index contributed by atoms with van der Waals surface area (Å²) in [6.07, 6.45) is 2.59. The van der Waals surface area contributed by atoms with E-state index in [1.54, 1.807) is 7.11 Å². The maximum Gasteiger partial charge on any atom is 0.226 e. The predicted molar refractivity (Wildman–Crippen MR) is 65.8 cm³/mol. The summed E-state index contributed by atoms with van der Waals surface area (Å²) in [6.45, 7) is 6.14. The van der Waals surface area contributed by atoms with E-state index in [2.05, 4.69) is 22.4 Å². The molecule has 0 saturated carbocycles. The fraction of sp³-hybridized carbons (Fsp3) is 0.833. The van der Waals surface area contributed by atoms with Crippen LogP contribution in [-0.4, -0.2) is 30.3 Å². The second-order valence-electron chi connectivity index (χ2n) is 4.53. The number of nitrogens with zero attached hydrogens (tertiary/aromatic N) is 2. The molecule has 17 heavy (non-hydrogen) atoms. The van der Waals surface area contributed by atoms with Crippen molar-refractivity contribution in [2.24, 2.45) is 0 Å². The highest BCUT2D eigenvalue weighted by Gasteiger charge is 2.29. The van der Waals surface area contributed by atoms with E-state index in [0.717, 1.165) is 19.3 Å². The lowest BCUT2D eigenvalue weighted by Crippen LogP contribution is -2.25. The third-order valence-corrected chi connectivity index (χ3v) is 3.35. The van der Waals surface area contributed by atoms with Crippen LogP contribution in [0.3, 0.4) is 0 Å². The highest BCUT2D eigenvalue weighted by molar-refractivity contribution is 4.99. The maximum absolute atomic E-state index is 5.44. The number of rotatable bonds is 7. The van der Waals surface area contributed by atoms with Crippen molar-refractivity contribution in [3.05, 3.63) is 11.7 Å². The Balaban J connectivity index is 2.65. The van der Waals surface area contributed by atoms with Crippen molar-refractivity contribution in [2.75, 3.05) is 14.2 Å². The van der Waals surface area contributed by atoms with Crippen LogP contribution in [0.25, 0.3) is 0 Å². The van der Waals surface area contributed by atoms with E-state index in [4.69, 9.17) is 9.26 Å². The van der Waals surface area contributed by atoms with Gasteiger partial charge in [-0.3, -0.25) is 0 Å². The number of ether oxygens (including phenoxy) is 1. The summed E-state index contributed by atoms with van der Waals surface area (Å²) >= 11 is 0. The molecule has 2 unspecified atom stereocenters. The van der Waals surface area contributed by atoms with Crippen LogP contribution in [0.1, 0.15) is 45.3 Å². The molecule has 0 radical (unpaired) electrons. The first-order chi connectivity index (χ1) is 8.05. The molecular formula is C12H23N3O2. The minimum absolute atomic E-state index is 0.448. The van der Waals surface area contributed by atoms with E-state index in [9.17, 15) is 0 Å². The zero-order chi connectivity index (χ0) is 12.9. The van der Waals surface area contributed by atoms with Crippen LogP contribution in [0.15, 0.2) is 4.52 Å². The van der Waals surface area contributed by atoms with Crippen LogP contribution in [0, 0.1) is 0 Å². The smallest absolute Gasteiger partial charge is 0.226 e. The van der Waals surface area contributed by atoms with Gasteiger partial charge in [0.25, 0.3) is 0 Å². The lowest BCUT2D eigenvalue weighted by Gasteiger charge is -2.21. The lowest BCUT2D eigenvalue weighted by molar-refractivity contribution is -0.0106. The molecule has 0 saturated heterocycles. The first-order valence-electron chi connectivity index (χ1n) is 6.11. The zero-order valence-corrected chi connectivity index (χ0v) is 11.4. The molecular weight excluding hydrogens is 218 g/mol. The summed E-state index contributed by atoms with van der Waals surface area (Å²) in [5.41, 5.74) is -0.448. The van der Waals surface area contributed by atoms with E-state index in [-0.39, 0.29) is 0 Å². The molecule has 1 N–H and O–H groups in total. The summed E-state index contributed by atoms with van der Waals surface area (Å²) in [4.78, 5) is 4.40. The fourth-order valence-electron chi connectivity index (χ4n) is 1.45. The Labute approximate surface area is 103 Å². The molecule has 0 amide bonds. The molecule has 0 aliphatic heterocycles. The van der Waals surface area contributed by atoms with E-state index in [1.807, 2.05) is 20.9 Å². The van der Waals surface area contributed by atoms with Gasteiger partial charge < -0.3 is 14.6 Å². The molecule has 0 aliphatic carbocycles. The van der Waals surface area contributed by atoms with Crippen LogP contribution >= 0.6 is 0 Å². The van der Waals surface area contributed by atoms with E-state index < -0.39 is 5.60 Å². The van der Waals surface area contributed by atoms with Crippen LogP contribution in [-0.2, 0) is 16.8 Å². The monoisotopic (exact) mass is 241 g/mol. The van der Waals surface area contributed by atoms with Gasteiger partial charge in [-0.2, -0.15) is 4.98 Å². The second-order valence-corrected chi connectivity index (χ2v) is 4.53. The Hall–Kier alpha value is -0.940. The number of hydrogen-bond acceptors (Lipinski definition) is 5. The second kappa shape index (κ2) is 6.12. The zero-order valence-electron chi connectivity index (χ0n) is 11.4. The molecule has 0 fully saturated rings. The molecule has 5 nitrogen and oxygen atoms in total. The van der Waals surface area contributed by atoms with Gasteiger partial charge in [0.15, 0.2) is 0 Å². The molecule has 0 bridgehead atoms. The Morgan fingerprint density at radius 2 is 2.24 bits per heavy atom. The van der Waals surface area contributed by atoms with E-state index >= 15 is 0 Å². The summed E-state index contributed by atoms with van der Waals surface area (Å²) < 4.78 is 10.7. The minimum atomic E-state index is -0.448. The normalized spacial score (nSPS) is 16.8. The Morgan fingerprint density at radius 3 is 2.76 bits per heavy atom. The minimum Gasteiger partial charge on any atom is -0.370 e. The van der Waals surface area contributed by atoms with Crippen molar-refractivity contribution in [3.63, 3.8) is 0 Å². The summed E-state index contributed by atoms with van der Waals surface area (Å²) in [6, 6.07) is 0.449. The van der Waals surface area contributed by atoms with Gasteiger partial charge in [0.1, 0.15) is 5.60 Å². The average molecular weight is 241 g/mol. The van der Waals surface area contributed by atoms with Gasteiger partial charge in [-0.05, 0) is 33.7 Å². The Bertz CT molecular complexity index is 334. The van der Waals surface area contributed by atoms with Gasteiger partial charge >= 0.3 is 0 Å². The molecule has 0 aliphatic rings. The standard InChI is InChI=1S/C12H23N3O2/c1-6-12(3,16-5)11-14-10(17-15-11)8-7-9(2)13-4/h9,13H,6-8H2,1-5H3. The number of aromatic nitrogens is 2. The van der Waals surface area contributed by atoms with Crippen molar-refractivity contribution in [1.82, 2.24) is 15.5 Å². The van der Waals surface area contributed by atoms with Gasteiger partial charge in [-0.25, -0.2) is 0 Å². The van der Waals surface area contributed by atoms with Gasteiger partial charge in [0.05, 0.1) is 0 Å². The SMILES string of the molecule is CCC(C)(OC)c1noc(CCC(C)NC)n1. The molecule has 2 atom stereocenters. The van der Waals surface area contributed by atoms with Crippen LogP contribution in [0.2, 0.25) is 0 Å². The fourth-order valence-corrected chi connectivity index (χ4v) is 1.45. The summed E-state index contributed by atoms with van der Waals surface area (Å²) in [5.74, 6) is 1.31. The van der Waals surface area contributed by atoms with Gasteiger partial charge in [0.2, 0.25) is 11.7 Å². The third-order valence-electron chi connectivity index (χ3n) is 3.35. The summed E-state index contributed by atoms with van der Waals surface area (Å²) in [5, 5.41) is 7.18. The van der Waals surface area contributed by atoms with Crippen molar-refractivity contribution in [1.29, 1.82) is 0 Å². The Kier molecular flexibility index (Phi) is 5.08. The molecule has 1 aromatic heterocycles. The third kappa shape index (κ3) is 3.51. The lowest BCUT2D eigenvalue weighted by atomic mass is 10.0. The summed E-state index contributed by atoms with van der Waals surface area (Å²) in [7, 11) is 3.62. The van der Waals surface area contributed by atoms with Gasteiger partial charge in [-0.1, -0.05) is 12.1 Å². The number of aryl methyl sites for hydroxylation is 1. The number of nitrogens with one attached hydrogen (secondary N) is 1. The van der Waals surface area contributed by atoms with Crippen LogP contribution in [0.4, 0.5) is 0 Å². The topological polar surface area (TPSA) is 60.2 Å². The van der Waals surface area contributed by atoms with Crippen molar-refractivity contribution in [2.45, 2.75) is 51.7 Å². The first-order valence-corrected chi connectivity index (χ1v) is 6.11. The van der Waals surface area contributed by atoms with E-state index in [0.29, 0.717) is 17.8 Å². The predicted octanol–water partition coefficient (Wildman–Crippen LogP) is 1.88. The largest absolute Gasteiger partial charge is 0.370 e. The maximum atomic E-state index is 5.44. The van der Waals surface area contributed by atoms with Gasteiger partial charge in [-0.15, -0.1) is 0 Å². The number of methoxy groups -OCH3 is 1. The van der Waals surface area contributed by atoms with Gasteiger partial charge in [0, 0.05) is 19.6 Å². The van der Waals surface area contributed by atoms with Crippen molar-refractivity contribution < 1.29 is 9.26 Å². The molecule has 98 valence electrons. The van der Waals surface area contributed by atoms with Crippen LogP contribution < -0.4 is 5.32 Å². The molecule has 0 aromatic carbocycles. The quantitative estimate of drug-likeness (QED) is 0.789. The van der Waals surface area contributed by atoms with Crippen molar-refractivity contribution in [3.8, 4) is 0 Å². The highest BCUT2D eigenvalue weighted by Crippen LogP contribution is 2.25. The molecule has 1 heterocycles. The molecule has 1 aromatic rings.